The quantitative estimate of drug-likeness (QED) is 0.0283. The van der Waals surface area contributed by atoms with Crippen LogP contribution in [0.2, 0.25) is 0 Å². The predicted molar refractivity (Wildman–Crippen MR) is 221 cm³/mol. The van der Waals surface area contributed by atoms with Gasteiger partial charge in [0, 0.05) is 20.0 Å². The van der Waals surface area contributed by atoms with E-state index in [9.17, 15) is 19.0 Å². The molecule has 314 valence electrons. The van der Waals surface area contributed by atoms with E-state index in [2.05, 4.69) is 30.5 Å². The molecule has 0 bridgehead atoms. The van der Waals surface area contributed by atoms with Crippen molar-refractivity contribution in [2.75, 3.05) is 20.3 Å². The molecule has 0 amide bonds. The highest BCUT2D eigenvalue weighted by atomic mass is 31.2. The minimum Gasteiger partial charge on any atom is -0.462 e. The van der Waals surface area contributed by atoms with E-state index in [-0.39, 0.29) is 19.0 Å². The second kappa shape index (κ2) is 40.5. The van der Waals surface area contributed by atoms with Crippen molar-refractivity contribution in [3.8, 4) is 0 Å². The van der Waals surface area contributed by atoms with E-state index in [1.165, 1.54) is 148 Å². The maximum Gasteiger partial charge on any atom is 0.472 e. The van der Waals surface area contributed by atoms with Crippen LogP contribution in [0.3, 0.4) is 0 Å². The summed E-state index contributed by atoms with van der Waals surface area (Å²) in [7, 11) is -3.19. The van der Waals surface area contributed by atoms with Crippen LogP contribution in [0.1, 0.15) is 232 Å². The summed E-state index contributed by atoms with van der Waals surface area (Å²) in [6, 6.07) is 0. The summed E-state index contributed by atoms with van der Waals surface area (Å²) in [6.07, 6.45) is 44.2. The third-order valence-corrected chi connectivity index (χ3v) is 10.9. The molecule has 0 spiro atoms. The Kier molecular flexibility index (Phi) is 39.5. The van der Waals surface area contributed by atoms with E-state index in [0.29, 0.717) is 12.8 Å². The van der Waals surface area contributed by atoms with Gasteiger partial charge in [0.1, 0.15) is 6.61 Å². The van der Waals surface area contributed by atoms with Gasteiger partial charge in [-0.3, -0.25) is 18.6 Å². The van der Waals surface area contributed by atoms with Gasteiger partial charge in [-0.1, -0.05) is 193 Å². The Morgan fingerprint density at radius 2 is 0.849 bits per heavy atom. The van der Waals surface area contributed by atoms with Crippen molar-refractivity contribution in [2.24, 2.45) is 0 Å². The molecular weight excluding hydrogens is 687 g/mol. The predicted octanol–water partition coefficient (Wildman–Crippen LogP) is 14.1. The number of hydrogen-bond donors (Lipinski definition) is 1. The molecule has 0 aliphatic rings. The average molecular weight is 773 g/mol. The Hall–Kier alpha value is -1.21. The van der Waals surface area contributed by atoms with Crippen LogP contribution in [-0.4, -0.2) is 43.3 Å². The van der Waals surface area contributed by atoms with Crippen LogP contribution in [0.25, 0.3) is 0 Å². The van der Waals surface area contributed by atoms with Gasteiger partial charge >= 0.3 is 19.8 Å². The number of unbranched alkanes of at least 4 members (excludes halogenated alkanes) is 29. The zero-order valence-electron chi connectivity index (χ0n) is 34.9. The zero-order valence-corrected chi connectivity index (χ0v) is 35.8. The summed E-state index contributed by atoms with van der Waals surface area (Å²) in [5.74, 6) is -0.802. The van der Waals surface area contributed by atoms with Crippen molar-refractivity contribution in [3.05, 3.63) is 12.2 Å². The topological polar surface area (TPSA) is 108 Å². The van der Waals surface area contributed by atoms with Crippen LogP contribution in [0.5, 0.6) is 0 Å². The lowest BCUT2D eigenvalue weighted by atomic mass is 10.0. The van der Waals surface area contributed by atoms with Gasteiger partial charge in [0.25, 0.3) is 0 Å². The van der Waals surface area contributed by atoms with Crippen molar-refractivity contribution in [3.63, 3.8) is 0 Å². The molecule has 9 heteroatoms. The molecule has 8 nitrogen and oxygen atoms in total. The van der Waals surface area contributed by atoms with E-state index in [4.69, 9.17) is 14.0 Å². The molecule has 0 rings (SSSR count). The first-order valence-corrected chi connectivity index (χ1v) is 23.9. The smallest absolute Gasteiger partial charge is 0.462 e. The maximum atomic E-state index is 12.5. The molecule has 0 aromatic carbocycles. The number of phosphoric ester groups is 1. The normalized spacial score (nSPS) is 13.4. The van der Waals surface area contributed by atoms with Gasteiger partial charge in [0.2, 0.25) is 0 Å². The fourth-order valence-corrected chi connectivity index (χ4v) is 7.00. The molecule has 2 atom stereocenters. The van der Waals surface area contributed by atoms with Crippen molar-refractivity contribution in [1.29, 1.82) is 0 Å². The second-order valence-electron chi connectivity index (χ2n) is 15.2. The van der Waals surface area contributed by atoms with Gasteiger partial charge < -0.3 is 14.4 Å². The summed E-state index contributed by atoms with van der Waals surface area (Å²) in [4.78, 5) is 34.4. The van der Waals surface area contributed by atoms with Crippen LogP contribution in [0, 0.1) is 0 Å². The molecule has 1 N–H and O–H groups in total. The van der Waals surface area contributed by atoms with E-state index in [0.717, 1.165) is 58.5 Å². The highest BCUT2D eigenvalue weighted by Gasteiger charge is 2.24. The highest BCUT2D eigenvalue weighted by Crippen LogP contribution is 2.42. The molecule has 0 aromatic heterocycles. The number of carbonyl (C=O) groups is 2. The first kappa shape index (κ1) is 51.8. The summed E-state index contributed by atoms with van der Waals surface area (Å²) < 4.78 is 32.0. The van der Waals surface area contributed by atoms with Gasteiger partial charge in [0.05, 0.1) is 6.61 Å². The molecule has 0 saturated carbocycles. The first-order chi connectivity index (χ1) is 25.8. The van der Waals surface area contributed by atoms with Gasteiger partial charge in [-0.15, -0.1) is 0 Å². The number of allylic oxidation sites excluding steroid dienone is 2. The Bertz CT molecular complexity index is 879. The Labute approximate surface area is 327 Å². The highest BCUT2D eigenvalue weighted by molar-refractivity contribution is 7.47. The van der Waals surface area contributed by atoms with Gasteiger partial charge in [-0.2, -0.15) is 0 Å². The molecule has 53 heavy (non-hydrogen) atoms. The fraction of sp³-hybridized carbons (Fsp3) is 0.909. The first-order valence-electron chi connectivity index (χ1n) is 22.4. The monoisotopic (exact) mass is 773 g/mol. The van der Waals surface area contributed by atoms with Gasteiger partial charge in [-0.05, 0) is 38.5 Å². The van der Waals surface area contributed by atoms with Crippen LogP contribution >= 0.6 is 7.82 Å². The van der Waals surface area contributed by atoms with Crippen molar-refractivity contribution in [1.82, 2.24) is 0 Å². The zero-order chi connectivity index (χ0) is 38.9. The lowest BCUT2D eigenvalue weighted by Crippen LogP contribution is -2.29. The Balaban J connectivity index is 3.86. The molecule has 0 radical (unpaired) electrons. The Morgan fingerprint density at radius 3 is 1.26 bits per heavy atom. The number of esters is 2. The number of ether oxygens (including phenoxy) is 2. The van der Waals surface area contributed by atoms with E-state index in [1.807, 2.05) is 0 Å². The maximum absolute atomic E-state index is 12.5. The lowest BCUT2D eigenvalue weighted by molar-refractivity contribution is -0.161. The Morgan fingerprint density at radius 1 is 0.509 bits per heavy atom. The molecule has 0 heterocycles. The number of phosphoric acid groups is 1. The van der Waals surface area contributed by atoms with Crippen LogP contribution < -0.4 is 0 Å². The summed E-state index contributed by atoms with van der Waals surface area (Å²) in [5.41, 5.74) is 0. The average Bonchev–Trinajstić information content (AvgIpc) is 3.15. The van der Waals surface area contributed by atoms with E-state index >= 15 is 0 Å². The van der Waals surface area contributed by atoms with E-state index in [1.54, 1.807) is 0 Å². The molecule has 0 aliphatic heterocycles. The van der Waals surface area contributed by atoms with Gasteiger partial charge in [-0.25, -0.2) is 4.57 Å². The minimum atomic E-state index is -4.26. The van der Waals surface area contributed by atoms with Crippen molar-refractivity contribution >= 4 is 19.8 Å². The molecule has 0 saturated heterocycles. The largest absolute Gasteiger partial charge is 0.472 e. The van der Waals surface area contributed by atoms with Crippen molar-refractivity contribution in [2.45, 2.75) is 238 Å². The molecule has 0 aliphatic carbocycles. The summed E-state index contributed by atoms with van der Waals surface area (Å²) in [6.45, 7) is 3.88. The van der Waals surface area contributed by atoms with Crippen LogP contribution in [-0.2, 0) is 32.7 Å². The molecule has 0 fully saturated rings. The van der Waals surface area contributed by atoms with Crippen LogP contribution in [0.4, 0.5) is 0 Å². The minimum absolute atomic E-state index is 0.223. The number of carbonyl (C=O) groups excluding carboxylic acids is 2. The lowest BCUT2D eigenvalue weighted by Gasteiger charge is -2.19. The fourth-order valence-electron chi connectivity index (χ4n) is 6.54. The van der Waals surface area contributed by atoms with E-state index < -0.39 is 26.5 Å². The van der Waals surface area contributed by atoms with Crippen molar-refractivity contribution < 1.29 is 37.6 Å². The standard InChI is InChI=1S/C44H85O8P/c1-4-6-8-10-12-14-16-18-19-20-21-22-23-24-25-26-27-29-30-32-34-36-38-43(45)50-40-42(41-51-53(47,48)49-3)52-44(46)39-37-35-33-31-28-17-15-13-11-9-7-5-2/h13,15,42H,4-12,14,16-41H2,1-3H3,(H,47,48)/b15-13-. The SMILES string of the molecule is CCCCC/C=C\CCCCCCCC(=O)OC(COC(=O)CCCCCCCCCCCCCCCCCCCCCCCC)COP(=O)(O)OC. The second-order valence-corrected chi connectivity index (χ2v) is 16.8. The van der Waals surface area contributed by atoms with Crippen LogP contribution in [0.15, 0.2) is 12.2 Å². The summed E-state index contributed by atoms with van der Waals surface area (Å²) >= 11 is 0. The molecular formula is C44H85O8P. The third kappa shape index (κ3) is 40.3. The third-order valence-electron chi connectivity index (χ3n) is 10.0. The number of hydrogen-bond acceptors (Lipinski definition) is 7. The van der Waals surface area contributed by atoms with Gasteiger partial charge in [0.15, 0.2) is 6.10 Å². The molecule has 2 unspecified atom stereocenters. The summed E-state index contributed by atoms with van der Waals surface area (Å²) in [5, 5.41) is 0. The number of rotatable bonds is 42. The molecule has 0 aromatic rings.